The van der Waals surface area contributed by atoms with Gasteiger partial charge in [0, 0.05) is 6.92 Å². The number of unbranched alkanes of at least 4 members (excludes halogenated alkanes) is 7. The van der Waals surface area contributed by atoms with Crippen LogP contribution >= 0.6 is 0 Å². The van der Waals surface area contributed by atoms with E-state index < -0.39 is 0 Å². The summed E-state index contributed by atoms with van der Waals surface area (Å²) in [7, 11) is 0. The van der Waals surface area contributed by atoms with E-state index in [1.807, 2.05) is 0 Å². The average molecular weight is 255 g/mol. The molecule has 0 aromatic carbocycles. The van der Waals surface area contributed by atoms with Crippen LogP contribution in [0, 0.1) is 0 Å². The molecular weight excluding hydrogens is 226 g/mol. The maximum absolute atomic E-state index is 11.3. The van der Waals surface area contributed by atoms with E-state index in [4.69, 9.17) is 0 Å². The van der Waals surface area contributed by atoms with Crippen LogP contribution in [0.3, 0.4) is 0 Å². The van der Waals surface area contributed by atoms with Gasteiger partial charge in [0.05, 0.1) is 6.04 Å². The van der Waals surface area contributed by atoms with Crippen molar-refractivity contribution in [2.45, 2.75) is 84.6 Å². The van der Waals surface area contributed by atoms with Gasteiger partial charge >= 0.3 is 0 Å². The van der Waals surface area contributed by atoms with Crippen LogP contribution in [0.25, 0.3) is 0 Å². The molecule has 0 heterocycles. The van der Waals surface area contributed by atoms with Crippen LogP contribution in [0.2, 0.25) is 0 Å². The molecule has 0 bridgehead atoms. The van der Waals surface area contributed by atoms with Crippen LogP contribution in [0.15, 0.2) is 0 Å². The normalized spacial score (nSPS) is 12.2. The molecule has 0 aliphatic carbocycles. The molecule has 0 aromatic rings. The molecule has 3 heteroatoms. The summed E-state index contributed by atoms with van der Waals surface area (Å²) in [5.41, 5.74) is 0. The molecule has 0 radical (unpaired) electrons. The van der Waals surface area contributed by atoms with Crippen molar-refractivity contribution in [1.29, 1.82) is 0 Å². The molecule has 1 N–H and O–H groups in total. The van der Waals surface area contributed by atoms with E-state index >= 15 is 0 Å². The number of hydrogen-bond donors (Lipinski definition) is 1. The summed E-state index contributed by atoms with van der Waals surface area (Å²) in [6.07, 6.45) is 10.8. The van der Waals surface area contributed by atoms with Gasteiger partial charge in [-0.15, -0.1) is 0 Å². The summed E-state index contributed by atoms with van der Waals surface area (Å²) in [5, 5.41) is 2.71. The van der Waals surface area contributed by atoms with Gasteiger partial charge in [0.25, 0.3) is 0 Å². The van der Waals surface area contributed by atoms with Gasteiger partial charge in [-0.2, -0.15) is 0 Å². The Hall–Kier alpha value is -0.860. The van der Waals surface area contributed by atoms with Crippen LogP contribution < -0.4 is 5.32 Å². The molecule has 0 aromatic heterocycles. The molecule has 0 saturated carbocycles. The number of carbonyl (C=O) groups is 2. The Labute approximate surface area is 112 Å². The first kappa shape index (κ1) is 17.1. The van der Waals surface area contributed by atoms with Crippen LogP contribution in [-0.2, 0) is 9.59 Å². The number of amides is 1. The number of rotatable bonds is 11. The Morgan fingerprint density at radius 2 is 1.39 bits per heavy atom. The lowest BCUT2D eigenvalue weighted by Crippen LogP contribution is -2.38. The van der Waals surface area contributed by atoms with E-state index in [0.29, 0.717) is 0 Å². The van der Waals surface area contributed by atoms with Crippen LogP contribution in [0.5, 0.6) is 0 Å². The van der Waals surface area contributed by atoms with Crippen molar-refractivity contribution in [2.75, 3.05) is 0 Å². The third-order valence-corrected chi connectivity index (χ3v) is 3.21. The number of ketones is 1. The summed E-state index contributed by atoms with van der Waals surface area (Å²) in [6, 6.07) is -0.275. The second-order valence-electron chi connectivity index (χ2n) is 5.13. The Morgan fingerprint density at radius 1 is 0.889 bits per heavy atom. The fourth-order valence-corrected chi connectivity index (χ4v) is 2.10. The lowest BCUT2D eigenvalue weighted by molar-refractivity contribution is -0.125. The number of Topliss-reactive ketones (excluding diaryl/α,β-unsaturated/α-hetero) is 1. The monoisotopic (exact) mass is 255 g/mol. The summed E-state index contributed by atoms with van der Waals surface area (Å²) < 4.78 is 0. The number of hydrogen-bond acceptors (Lipinski definition) is 2. The molecule has 0 aliphatic heterocycles. The SMILES string of the molecule is CCCCCCCCCCC(NC(C)=O)C(C)=O. The first-order valence-corrected chi connectivity index (χ1v) is 7.35. The summed E-state index contributed by atoms with van der Waals surface area (Å²) in [5.74, 6) is -0.0529. The van der Waals surface area contributed by atoms with E-state index in [9.17, 15) is 9.59 Å². The molecule has 0 saturated heterocycles. The standard InChI is InChI=1S/C15H29NO2/c1-4-5-6-7-8-9-10-11-12-15(13(2)17)16-14(3)18/h15H,4-12H2,1-3H3,(H,16,18). The van der Waals surface area contributed by atoms with Gasteiger partial charge in [-0.3, -0.25) is 9.59 Å². The molecule has 1 atom stereocenters. The average Bonchev–Trinajstić information content (AvgIpc) is 2.30. The zero-order valence-electron chi connectivity index (χ0n) is 12.3. The van der Waals surface area contributed by atoms with Crippen molar-refractivity contribution in [3.63, 3.8) is 0 Å². The molecule has 18 heavy (non-hydrogen) atoms. The molecule has 0 rings (SSSR count). The first-order valence-electron chi connectivity index (χ1n) is 7.35. The molecule has 0 spiro atoms. The number of nitrogens with one attached hydrogen (secondary N) is 1. The van der Waals surface area contributed by atoms with Crippen LogP contribution in [-0.4, -0.2) is 17.7 Å². The van der Waals surface area contributed by atoms with Gasteiger partial charge in [0.2, 0.25) is 5.91 Å². The third-order valence-electron chi connectivity index (χ3n) is 3.21. The molecule has 0 aliphatic rings. The van der Waals surface area contributed by atoms with Crippen LogP contribution in [0.4, 0.5) is 0 Å². The van der Waals surface area contributed by atoms with E-state index in [-0.39, 0.29) is 17.7 Å². The van der Waals surface area contributed by atoms with E-state index in [0.717, 1.165) is 19.3 Å². The molecule has 3 nitrogen and oxygen atoms in total. The lowest BCUT2D eigenvalue weighted by Gasteiger charge is -2.14. The van der Waals surface area contributed by atoms with Crippen LogP contribution in [0.1, 0.15) is 78.6 Å². The largest absolute Gasteiger partial charge is 0.347 e. The highest BCUT2D eigenvalue weighted by Gasteiger charge is 2.13. The van der Waals surface area contributed by atoms with Crippen molar-refractivity contribution in [3.8, 4) is 0 Å². The van der Waals surface area contributed by atoms with Crippen molar-refractivity contribution in [3.05, 3.63) is 0 Å². The minimum atomic E-state index is -0.275. The zero-order chi connectivity index (χ0) is 13.8. The summed E-state index contributed by atoms with van der Waals surface area (Å²) in [4.78, 5) is 22.2. The fourth-order valence-electron chi connectivity index (χ4n) is 2.10. The second-order valence-corrected chi connectivity index (χ2v) is 5.13. The van der Waals surface area contributed by atoms with Gasteiger partial charge < -0.3 is 5.32 Å². The summed E-state index contributed by atoms with van der Waals surface area (Å²) in [6.45, 7) is 5.24. The Balaban J connectivity index is 3.49. The maximum atomic E-state index is 11.3. The van der Waals surface area contributed by atoms with Crippen molar-refractivity contribution >= 4 is 11.7 Å². The topological polar surface area (TPSA) is 46.2 Å². The molecule has 106 valence electrons. The maximum Gasteiger partial charge on any atom is 0.217 e. The lowest BCUT2D eigenvalue weighted by atomic mass is 10.0. The quantitative estimate of drug-likeness (QED) is 0.573. The van der Waals surface area contributed by atoms with Gasteiger partial charge in [-0.1, -0.05) is 58.3 Å². The smallest absolute Gasteiger partial charge is 0.217 e. The van der Waals surface area contributed by atoms with Crippen molar-refractivity contribution < 1.29 is 9.59 Å². The predicted molar refractivity (Wildman–Crippen MR) is 75.5 cm³/mol. The highest BCUT2D eigenvalue weighted by molar-refractivity contribution is 5.86. The van der Waals surface area contributed by atoms with Gasteiger partial charge in [-0.25, -0.2) is 0 Å². The molecule has 1 unspecified atom stereocenters. The van der Waals surface area contributed by atoms with E-state index in [2.05, 4.69) is 12.2 Å². The second kappa shape index (κ2) is 11.2. The van der Waals surface area contributed by atoms with Crippen molar-refractivity contribution in [1.82, 2.24) is 5.32 Å². The van der Waals surface area contributed by atoms with E-state index in [1.165, 1.54) is 45.4 Å². The minimum Gasteiger partial charge on any atom is -0.347 e. The molecule has 1 amide bonds. The Bertz CT molecular complexity index is 239. The zero-order valence-corrected chi connectivity index (χ0v) is 12.3. The highest BCUT2D eigenvalue weighted by Crippen LogP contribution is 2.11. The molecular formula is C15H29NO2. The third kappa shape index (κ3) is 10.3. The Kier molecular flexibility index (Phi) is 10.7. The van der Waals surface area contributed by atoms with Gasteiger partial charge in [0.15, 0.2) is 5.78 Å². The van der Waals surface area contributed by atoms with Gasteiger partial charge in [0.1, 0.15) is 0 Å². The fraction of sp³-hybridized carbons (Fsp3) is 0.867. The van der Waals surface area contributed by atoms with Crippen molar-refractivity contribution in [2.24, 2.45) is 0 Å². The Morgan fingerprint density at radius 3 is 1.83 bits per heavy atom. The predicted octanol–water partition coefficient (Wildman–Crippen LogP) is 3.61. The number of carbonyl (C=O) groups excluding carboxylic acids is 2. The molecule has 0 fully saturated rings. The first-order chi connectivity index (χ1) is 8.57. The summed E-state index contributed by atoms with van der Waals surface area (Å²) >= 11 is 0. The minimum absolute atomic E-state index is 0.0631. The van der Waals surface area contributed by atoms with E-state index in [1.54, 1.807) is 6.92 Å². The van der Waals surface area contributed by atoms with Gasteiger partial charge in [-0.05, 0) is 13.3 Å². The highest BCUT2D eigenvalue weighted by atomic mass is 16.2.